The fourth-order valence-electron chi connectivity index (χ4n) is 8.79. The van der Waals surface area contributed by atoms with E-state index >= 15 is 0 Å². The molecular formula is C33H53NO2S. The highest BCUT2D eigenvalue weighted by Crippen LogP contribution is 2.69. The largest absolute Gasteiger partial charge is 0.390 e. The lowest BCUT2D eigenvalue weighted by molar-refractivity contribution is -0.0569. The average Bonchev–Trinajstić information content (AvgIpc) is 3.14. The number of fused-ring (bicyclic) bond motifs is 5. The van der Waals surface area contributed by atoms with Gasteiger partial charge in [-0.2, -0.15) is 12.6 Å². The standard InChI is InChI=1S/C31H47NO2S.C2H6/c1-28(2,33)14-7-15-31(35)18-13-27-25-10-9-22-20-24(34-21-23-8-5-6-19-32-23)11-16-29(22,3)26(25)12-17-30(27,31)4;1-2/h5-6,8-9,19,24-27,33,35H,7,10-18,20-21H2,1-4H3;1-2H3. The van der Waals surface area contributed by atoms with Crippen LogP contribution in [0.5, 0.6) is 0 Å². The van der Waals surface area contributed by atoms with Gasteiger partial charge in [-0.3, -0.25) is 4.98 Å². The van der Waals surface area contributed by atoms with E-state index in [9.17, 15) is 5.11 Å². The number of ether oxygens (including phenoxy) is 1. The predicted octanol–water partition coefficient (Wildman–Crippen LogP) is 8.57. The first-order valence-corrected chi connectivity index (χ1v) is 15.6. The summed E-state index contributed by atoms with van der Waals surface area (Å²) in [6, 6.07) is 6.07. The van der Waals surface area contributed by atoms with Gasteiger partial charge in [-0.05, 0) is 125 Å². The minimum atomic E-state index is -0.569. The van der Waals surface area contributed by atoms with Gasteiger partial charge in [-0.25, -0.2) is 0 Å². The van der Waals surface area contributed by atoms with Crippen LogP contribution in [-0.2, 0) is 11.3 Å². The maximum atomic E-state index is 10.2. The number of nitrogens with zero attached hydrogens (tertiary/aromatic N) is 1. The van der Waals surface area contributed by atoms with E-state index in [0.29, 0.717) is 23.5 Å². The molecular weight excluding hydrogens is 474 g/mol. The summed E-state index contributed by atoms with van der Waals surface area (Å²) in [5, 5.41) is 10.2. The summed E-state index contributed by atoms with van der Waals surface area (Å²) in [5.74, 6) is 2.40. The summed E-state index contributed by atoms with van der Waals surface area (Å²) in [4.78, 5) is 4.43. The van der Waals surface area contributed by atoms with Crippen LogP contribution in [0.2, 0.25) is 0 Å². The molecule has 0 saturated heterocycles. The summed E-state index contributed by atoms with van der Waals surface area (Å²) in [5.41, 5.74) is 2.81. The average molecular weight is 528 g/mol. The first-order chi connectivity index (χ1) is 17.5. The van der Waals surface area contributed by atoms with E-state index in [1.165, 1.54) is 44.9 Å². The van der Waals surface area contributed by atoms with E-state index in [2.05, 4.69) is 31.0 Å². The molecule has 7 unspecified atom stereocenters. The molecule has 4 heteroatoms. The first kappa shape index (κ1) is 29.2. The van der Waals surface area contributed by atoms with E-state index < -0.39 is 5.60 Å². The lowest BCUT2D eigenvalue weighted by atomic mass is 9.47. The van der Waals surface area contributed by atoms with Gasteiger partial charge < -0.3 is 9.84 Å². The minimum absolute atomic E-state index is 0.121. The molecule has 208 valence electrons. The maximum absolute atomic E-state index is 10.2. The number of allylic oxidation sites excluding steroid dienone is 1. The lowest BCUT2D eigenvalue weighted by Gasteiger charge is -2.59. The monoisotopic (exact) mass is 527 g/mol. The van der Waals surface area contributed by atoms with Crippen molar-refractivity contribution in [3.05, 3.63) is 41.7 Å². The molecule has 3 nitrogen and oxygen atoms in total. The number of thiol groups is 1. The van der Waals surface area contributed by atoms with E-state index in [0.717, 1.165) is 49.1 Å². The summed E-state index contributed by atoms with van der Waals surface area (Å²) in [6.07, 6.45) is 17.9. The Balaban J connectivity index is 0.00000156. The SMILES string of the molecule is CC.CC(C)(O)CCCC1(S)CCC2C3CC=C4CC(OCc5ccccn5)CCC4(C)C3CCC21C. The second kappa shape index (κ2) is 11.3. The first-order valence-electron chi connectivity index (χ1n) is 15.2. The van der Waals surface area contributed by atoms with E-state index in [-0.39, 0.29) is 4.75 Å². The van der Waals surface area contributed by atoms with Crippen molar-refractivity contribution >= 4 is 12.6 Å². The number of hydrogen-bond donors (Lipinski definition) is 2. The van der Waals surface area contributed by atoms with Crippen molar-refractivity contribution in [2.24, 2.45) is 28.6 Å². The Morgan fingerprint density at radius 2 is 1.84 bits per heavy atom. The van der Waals surface area contributed by atoms with Gasteiger partial charge >= 0.3 is 0 Å². The molecule has 4 aliphatic carbocycles. The third-order valence-corrected chi connectivity index (χ3v) is 11.9. The summed E-state index contributed by atoms with van der Waals surface area (Å²) in [6.45, 7) is 13.7. The Bertz CT molecular complexity index is 926. The third kappa shape index (κ3) is 5.73. The Labute approximate surface area is 232 Å². The van der Waals surface area contributed by atoms with Gasteiger partial charge in [-0.1, -0.05) is 45.4 Å². The highest BCUT2D eigenvalue weighted by Gasteiger charge is 2.62. The molecule has 0 bridgehead atoms. The van der Waals surface area contributed by atoms with Crippen molar-refractivity contribution in [3.8, 4) is 0 Å². The Kier molecular flexibility index (Phi) is 8.93. The molecule has 3 fully saturated rings. The second-order valence-corrected chi connectivity index (χ2v) is 14.3. The van der Waals surface area contributed by atoms with Gasteiger partial charge in [0.2, 0.25) is 0 Å². The lowest BCUT2D eigenvalue weighted by Crippen LogP contribution is -2.53. The topological polar surface area (TPSA) is 42.4 Å². The number of hydrogen-bond acceptors (Lipinski definition) is 4. The molecule has 1 aromatic heterocycles. The Hall–Kier alpha value is -0.840. The van der Waals surface area contributed by atoms with E-state index in [4.69, 9.17) is 17.4 Å². The van der Waals surface area contributed by atoms with Crippen LogP contribution >= 0.6 is 12.6 Å². The van der Waals surface area contributed by atoms with E-state index in [1.807, 2.05) is 46.0 Å². The molecule has 0 aromatic carbocycles. The van der Waals surface area contributed by atoms with Gasteiger partial charge in [0.1, 0.15) is 0 Å². The molecule has 3 saturated carbocycles. The molecule has 7 atom stereocenters. The van der Waals surface area contributed by atoms with Crippen LogP contribution in [0.3, 0.4) is 0 Å². The highest BCUT2D eigenvalue weighted by molar-refractivity contribution is 7.81. The summed E-state index contributed by atoms with van der Waals surface area (Å²) in [7, 11) is 0. The maximum Gasteiger partial charge on any atom is 0.0891 e. The molecule has 1 N–H and O–H groups in total. The molecule has 0 amide bonds. The highest BCUT2D eigenvalue weighted by atomic mass is 32.1. The molecule has 0 radical (unpaired) electrons. The molecule has 0 aliphatic heterocycles. The summed E-state index contributed by atoms with van der Waals surface area (Å²) < 4.78 is 6.46. The smallest absolute Gasteiger partial charge is 0.0891 e. The van der Waals surface area contributed by atoms with Crippen molar-refractivity contribution < 1.29 is 9.84 Å². The predicted molar refractivity (Wildman–Crippen MR) is 158 cm³/mol. The molecule has 1 aromatic rings. The number of pyridine rings is 1. The van der Waals surface area contributed by atoms with Gasteiger partial charge in [0, 0.05) is 10.9 Å². The molecule has 5 rings (SSSR count). The van der Waals surface area contributed by atoms with Gasteiger partial charge in [-0.15, -0.1) is 0 Å². The normalized spacial score (nSPS) is 39.0. The Morgan fingerprint density at radius 1 is 1.08 bits per heavy atom. The van der Waals surface area contributed by atoms with Crippen LogP contribution < -0.4 is 0 Å². The van der Waals surface area contributed by atoms with Crippen LogP contribution in [0.4, 0.5) is 0 Å². The second-order valence-electron chi connectivity index (χ2n) is 13.4. The zero-order chi connectivity index (χ0) is 26.9. The van der Waals surface area contributed by atoms with Crippen LogP contribution in [-0.4, -0.2) is 26.5 Å². The van der Waals surface area contributed by atoms with Crippen molar-refractivity contribution in [1.82, 2.24) is 4.98 Å². The molecule has 37 heavy (non-hydrogen) atoms. The van der Waals surface area contributed by atoms with Gasteiger partial charge in [0.15, 0.2) is 0 Å². The molecule has 0 spiro atoms. The van der Waals surface area contributed by atoms with Crippen molar-refractivity contribution in [3.63, 3.8) is 0 Å². The van der Waals surface area contributed by atoms with Crippen molar-refractivity contribution in [1.29, 1.82) is 0 Å². The molecule has 1 heterocycles. The fourth-order valence-corrected chi connectivity index (χ4v) is 9.36. The van der Waals surface area contributed by atoms with E-state index in [1.54, 1.807) is 5.57 Å². The molecule has 4 aliphatic rings. The van der Waals surface area contributed by atoms with Gasteiger partial charge in [0.05, 0.1) is 24.0 Å². The van der Waals surface area contributed by atoms with Crippen LogP contribution in [0, 0.1) is 28.6 Å². The minimum Gasteiger partial charge on any atom is -0.390 e. The zero-order valence-corrected chi connectivity index (χ0v) is 25.3. The summed E-state index contributed by atoms with van der Waals surface area (Å²) >= 11 is 5.43. The van der Waals surface area contributed by atoms with Crippen LogP contribution in [0.15, 0.2) is 36.0 Å². The Morgan fingerprint density at radius 3 is 2.54 bits per heavy atom. The van der Waals surface area contributed by atoms with Crippen LogP contribution in [0.25, 0.3) is 0 Å². The zero-order valence-electron chi connectivity index (χ0n) is 24.4. The van der Waals surface area contributed by atoms with Gasteiger partial charge in [0.25, 0.3) is 0 Å². The number of aromatic nitrogens is 1. The van der Waals surface area contributed by atoms with Crippen molar-refractivity contribution in [2.75, 3.05) is 0 Å². The number of aliphatic hydroxyl groups is 1. The van der Waals surface area contributed by atoms with Crippen LogP contribution in [0.1, 0.15) is 118 Å². The fraction of sp³-hybridized carbons (Fsp3) is 0.788. The number of rotatable bonds is 7. The van der Waals surface area contributed by atoms with Crippen molar-refractivity contribution in [2.45, 2.75) is 135 Å². The quantitative estimate of drug-likeness (QED) is 0.276. The third-order valence-electron chi connectivity index (χ3n) is 11.0.